The van der Waals surface area contributed by atoms with E-state index in [2.05, 4.69) is 11.2 Å². The van der Waals surface area contributed by atoms with Crippen LogP contribution in [0.5, 0.6) is 11.5 Å². The van der Waals surface area contributed by atoms with Crippen LogP contribution in [0.4, 0.5) is 20.2 Å². The molecule has 1 atom stereocenters. The molecule has 2 heterocycles. The number of nitrogens with one attached hydrogen (secondary N) is 1. The molecule has 27 heavy (non-hydrogen) atoms. The van der Waals surface area contributed by atoms with E-state index in [1.807, 2.05) is 4.90 Å². The van der Waals surface area contributed by atoms with Gasteiger partial charge in [-0.3, -0.25) is 4.79 Å². The molecule has 4 rings (SSSR count). The van der Waals surface area contributed by atoms with Crippen LogP contribution in [0.3, 0.4) is 0 Å². The highest BCUT2D eigenvalue weighted by Crippen LogP contribution is 2.38. The first-order valence-corrected chi connectivity index (χ1v) is 8.43. The lowest BCUT2D eigenvalue weighted by Gasteiger charge is -2.38. The van der Waals surface area contributed by atoms with Crippen molar-refractivity contribution in [3.8, 4) is 23.8 Å². The molecule has 0 bridgehead atoms. The Morgan fingerprint density at radius 2 is 2.07 bits per heavy atom. The molecule has 0 spiro atoms. The van der Waals surface area contributed by atoms with Gasteiger partial charge in [-0.05, 0) is 18.2 Å². The van der Waals surface area contributed by atoms with E-state index < -0.39 is 17.5 Å². The Morgan fingerprint density at radius 1 is 1.22 bits per heavy atom. The molecule has 1 N–H and O–H groups in total. The Labute approximate surface area is 154 Å². The third kappa shape index (κ3) is 3.14. The number of anilines is 2. The molecule has 2 aliphatic heterocycles. The van der Waals surface area contributed by atoms with Crippen LogP contribution in [0, 0.1) is 24.0 Å². The van der Waals surface area contributed by atoms with Crippen molar-refractivity contribution in [2.75, 3.05) is 23.4 Å². The minimum atomic E-state index is -0.560. The molecule has 0 fully saturated rings. The van der Waals surface area contributed by atoms with Gasteiger partial charge in [-0.25, -0.2) is 8.78 Å². The van der Waals surface area contributed by atoms with Gasteiger partial charge in [0.15, 0.2) is 12.4 Å². The van der Waals surface area contributed by atoms with Crippen molar-refractivity contribution < 1.29 is 23.0 Å². The minimum Gasteiger partial charge on any atom is -0.489 e. The van der Waals surface area contributed by atoms with E-state index in [0.717, 1.165) is 0 Å². The summed E-state index contributed by atoms with van der Waals surface area (Å²) >= 11 is 0. The van der Waals surface area contributed by atoms with Crippen molar-refractivity contribution in [1.29, 1.82) is 0 Å². The first-order chi connectivity index (χ1) is 13.1. The SMILES string of the molecule is C#CC[C@H]1COc2cc(F)ccc2N1Cc1ccc2c(c1F)NC(=O)CO2. The fourth-order valence-corrected chi connectivity index (χ4v) is 3.30. The van der Waals surface area contributed by atoms with Crippen molar-refractivity contribution in [1.82, 2.24) is 0 Å². The second-order valence-electron chi connectivity index (χ2n) is 6.36. The lowest BCUT2D eigenvalue weighted by atomic mass is 10.1. The van der Waals surface area contributed by atoms with Crippen molar-refractivity contribution in [2.24, 2.45) is 0 Å². The van der Waals surface area contributed by atoms with Gasteiger partial charge in [0.25, 0.3) is 5.91 Å². The van der Waals surface area contributed by atoms with Crippen molar-refractivity contribution in [3.63, 3.8) is 0 Å². The lowest BCUT2D eigenvalue weighted by Crippen LogP contribution is -2.42. The van der Waals surface area contributed by atoms with Crippen LogP contribution >= 0.6 is 0 Å². The molecule has 7 heteroatoms. The molecule has 2 aromatic rings. The van der Waals surface area contributed by atoms with Crippen LogP contribution in [0.15, 0.2) is 30.3 Å². The number of hydrogen-bond donors (Lipinski definition) is 1. The predicted octanol–water partition coefficient (Wildman–Crippen LogP) is 3.09. The summed E-state index contributed by atoms with van der Waals surface area (Å²) in [5, 5.41) is 2.50. The van der Waals surface area contributed by atoms with Crippen LogP contribution in [-0.2, 0) is 11.3 Å². The van der Waals surface area contributed by atoms with Crippen LogP contribution in [0.25, 0.3) is 0 Å². The third-order valence-electron chi connectivity index (χ3n) is 4.60. The van der Waals surface area contributed by atoms with E-state index in [4.69, 9.17) is 15.9 Å². The lowest BCUT2D eigenvalue weighted by molar-refractivity contribution is -0.118. The summed E-state index contributed by atoms with van der Waals surface area (Å²) in [6.07, 6.45) is 5.86. The fraction of sp³-hybridized carbons (Fsp3) is 0.250. The number of terminal acetylenes is 1. The zero-order valence-electron chi connectivity index (χ0n) is 14.3. The van der Waals surface area contributed by atoms with Crippen molar-refractivity contribution in [2.45, 2.75) is 19.0 Å². The highest BCUT2D eigenvalue weighted by atomic mass is 19.1. The average molecular weight is 370 g/mol. The summed E-state index contributed by atoms with van der Waals surface area (Å²) < 4.78 is 39.4. The summed E-state index contributed by atoms with van der Waals surface area (Å²) in [7, 11) is 0. The van der Waals surface area contributed by atoms with E-state index in [9.17, 15) is 13.6 Å². The largest absolute Gasteiger partial charge is 0.489 e. The second-order valence-corrected chi connectivity index (χ2v) is 6.36. The number of nitrogens with zero attached hydrogens (tertiary/aromatic N) is 1. The molecule has 0 saturated carbocycles. The van der Waals surface area contributed by atoms with Gasteiger partial charge < -0.3 is 19.7 Å². The molecule has 0 aliphatic carbocycles. The normalized spacial score (nSPS) is 17.7. The molecule has 0 aromatic heterocycles. The molecule has 1 amide bonds. The highest BCUT2D eigenvalue weighted by molar-refractivity contribution is 5.95. The molecule has 0 saturated heterocycles. The van der Waals surface area contributed by atoms with Crippen LogP contribution in [-0.4, -0.2) is 25.2 Å². The Bertz CT molecular complexity index is 955. The topological polar surface area (TPSA) is 50.8 Å². The second kappa shape index (κ2) is 6.80. The van der Waals surface area contributed by atoms with E-state index in [0.29, 0.717) is 29.2 Å². The summed E-state index contributed by atoms with van der Waals surface area (Å²) in [6.45, 7) is 0.314. The van der Waals surface area contributed by atoms with Gasteiger partial charge in [-0.15, -0.1) is 12.3 Å². The van der Waals surface area contributed by atoms with Crippen LogP contribution in [0.1, 0.15) is 12.0 Å². The molecular weight excluding hydrogens is 354 g/mol. The van der Waals surface area contributed by atoms with Gasteiger partial charge in [0.2, 0.25) is 0 Å². The minimum absolute atomic E-state index is 0.0323. The first kappa shape index (κ1) is 17.2. The van der Waals surface area contributed by atoms with Crippen LogP contribution in [0.2, 0.25) is 0 Å². The van der Waals surface area contributed by atoms with E-state index in [1.165, 1.54) is 12.1 Å². The predicted molar refractivity (Wildman–Crippen MR) is 95.8 cm³/mol. The maximum Gasteiger partial charge on any atom is 0.262 e. The summed E-state index contributed by atoms with van der Waals surface area (Å²) in [5.74, 6) is 1.90. The Hall–Kier alpha value is -3.27. The number of amides is 1. The standard InChI is InChI=1S/C20H16F2N2O3/c1-2-3-14-10-26-17-8-13(21)5-6-15(17)24(14)9-12-4-7-16-20(19(12)22)23-18(25)11-27-16/h1,4-8,14H,3,9-11H2,(H,23,25)/t14-/m0/s1. The number of carbonyl (C=O) groups is 1. The summed E-state index contributed by atoms with van der Waals surface area (Å²) in [6, 6.07) is 7.26. The Balaban J connectivity index is 1.71. The third-order valence-corrected chi connectivity index (χ3v) is 4.60. The maximum atomic E-state index is 15.0. The monoisotopic (exact) mass is 370 g/mol. The number of halogens is 2. The maximum absolute atomic E-state index is 15.0. The number of hydrogen-bond acceptors (Lipinski definition) is 4. The quantitative estimate of drug-likeness (QED) is 0.844. The molecule has 2 aliphatic rings. The first-order valence-electron chi connectivity index (χ1n) is 8.43. The summed E-state index contributed by atoms with van der Waals surface area (Å²) in [5.41, 5.74) is 1.03. The number of fused-ring (bicyclic) bond motifs is 2. The Morgan fingerprint density at radius 3 is 2.89 bits per heavy atom. The Kier molecular flexibility index (Phi) is 4.32. The van der Waals surface area contributed by atoms with Crippen LogP contribution < -0.4 is 19.7 Å². The molecule has 2 aromatic carbocycles. The van der Waals surface area contributed by atoms with E-state index in [1.54, 1.807) is 18.2 Å². The van der Waals surface area contributed by atoms with Gasteiger partial charge in [-0.1, -0.05) is 6.07 Å². The average Bonchev–Trinajstić information content (AvgIpc) is 2.66. The molecular formula is C20H16F2N2O3. The number of carbonyl (C=O) groups excluding carboxylic acids is 1. The molecule has 0 unspecified atom stereocenters. The number of rotatable bonds is 3. The van der Waals surface area contributed by atoms with Gasteiger partial charge >= 0.3 is 0 Å². The van der Waals surface area contributed by atoms with E-state index >= 15 is 0 Å². The molecule has 0 radical (unpaired) electrons. The van der Waals surface area contributed by atoms with Crippen molar-refractivity contribution >= 4 is 17.3 Å². The van der Waals surface area contributed by atoms with Crippen molar-refractivity contribution in [3.05, 3.63) is 47.5 Å². The van der Waals surface area contributed by atoms with Gasteiger partial charge in [-0.2, -0.15) is 0 Å². The summed E-state index contributed by atoms with van der Waals surface area (Å²) in [4.78, 5) is 13.4. The smallest absolute Gasteiger partial charge is 0.262 e. The number of benzene rings is 2. The zero-order chi connectivity index (χ0) is 19.0. The van der Waals surface area contributed by atoms with E-state index in [-0.39, 0.29) is 31.5 Å². The fourth-order valence-electron chi connectivity index (χ4n) is 3.30. The van der Waals surface area contributed by atoms with Gasteiger partial charge in [0.1, 0.15) is 29.6 Å². The van der Waals surface area contributed by atoms with Gasteiger partial charge in [0, 0.05) is 24.6 Å². The van der Waals surface area contributed by atoms with Gasteiger partial charge in [0.05, 0.1) is 11.7 Å². The number of ether oxygens (including phenoxy) is 2. The molecule has 5 nitrogen and oxygen atoms in total. The molecule has 138 valence electrons. The highest BCUT2D eigenvalue weighted by Gasteiger charge is 2.29. The zero-order valence-corrected chi connectivity index (χ0v) is 14.3.